The fraction of sp³-hybridized carbons (Fsp3) is 0.353. The molecule has 0 aliphatic carbocycles. The fourth-order valence-corrected chi connectivity index (χ4v) is 3.73. The molecule has 1 saturated heterocycles. The molecule has 2 aromatic rings. The predicted molar refractivity (Wildman–Crippen MR) is 91.2 cm³/mol. The summed E-state index contributed by atoms with van der Waals surface area (Å²) in [5.74, 6) is 0.00309. The summed E-state index contributed by atoms with van der Waals surface area (Å²) in [4.78, 5) is 14.8. The van der Waals surface area contributed by atoms with E-state index in [2.05, 4.69) is 31.5 Å². The number of rotatable bonds is 2. The zero-order valence-electron chi connectivity index (χ0n) is 12.6. The van der Waals surface area contributed by atoms with E-state index < -0.39 is 0 Å². The van der Waals surface area contributed by atoms with Crippen molar-refractivity contribution in [2.24, 2.45) is 0 Å². The molecule has 23 heavy (non-hydrogen) atoms. The zero-order chi connectivity index (χ0) is 15.9. The Morgan fingerprint density at radius 2 is 2.04 bits per heavy atom. The van der Waals surface area contributed by atoms with Crippen LogP contribution in [0.4, 0.5) is 5.69 Å². The lowest BCUT2D eigenvalue weighted by Gasteiger charge is -2.46. The average Bonchev–Trinajstić information content (AvgIpc) is 3.04. The highest BCUT2D eigenvalue weighted by Crippen LogP contribution is 2.33. The summed E-state index contributed by atoms with van der Waals surface area (Å²) in [6, 6.07) is 7.79. The van der Waals surface area contributed by atoms with Gasteiger partial charge in [-0.15, -0.1) is 0 Å². The number of carbonyl (C=O) groups is 1. The monoisotopic (exact) mass is 375 g/mol. The first-order chi connectivity index (χ1) is 11.1. The van der Waals surface area contributed by atoms with Crippen molar-refractivity contribution in [1.29, 1.82) is 0 Å². The first-order valence-electron chi connectivity index (χ1n) is 7.77. The minimum absolute atomic E-state index is 0.00309. The summed E-state index contributed by atoms with van der Waals surface area (Å²) >= 11 is 3.42. The van der Waals surface area contributed by atoms with Gasteiger partial charge in [-0.3, -0.25) is 9.69 Å². The SMILES string of the molecule is O=C1NC2(CCN(Cc3ccoc3)CC2)Nc2ccc(Br)cc21. The number of nitrogens with zero attached hydrogens (tertiary/aromatic N) is 1. The van der Waals surface area contributed by atoms with Gasteiger partial charge in [0, 0.05) is 48.2 Å². The maximum atomic E-state index is 12.5. The minimum Gasteiger partial charge on any atom is -0.472 e. The highest BCUT2D eigenvalue weighted by Gasteiger charge is 2.40. The van der Waals surface area contributed by atoms with E-state index in [1.807, 2.05) is 24.3 Å². The lowest BCUT2D eigenvalue weighted by Crippen LogP contribution is -2.62. The molecule has 4 rings (SSSR count). The van der Waals surface area contributed by atoms with Crippen molar-refractivity contribution in [3.05, 3.63) is 52.4 Å². The number of hydrogen-bond acceptors (Lipinski definition) is 4. The number of piperidine rings is 1. The molecule has 1 amide bonds. The summed E-state index contributed by atoms with van der Waals surface area (Å²) in [5.41, 5.74) is 2.48. The van der Waals surface area contributed by atoms with Crippen LogP contribution in [0.25, 0.3) is 0 Å². The van der Waals surface area contributed by atoms with Crippen LogP contribution in [-0.4, -0.2) is 29.6 Å². The number of benzene rings is 1. The van der Waals surface area contributed by atoms with Gasteiger partial charge in [0.15, 0.2) is 0 Å². The maximum Gasteiger partial charge on any atom is 0.255 e. The predicted octanol–water partition coefficient (Wildman–Crippen LogP) is 3.19. The van der Waals surface area contributed by atoms with Gasteiger partial charge >= 0.3 is 0 Å². The number of likely N-dealkylation sites (tertiary alicyclic amines) is 1. The molecule has 120 valence electrons. The molecule has 0 unspecified atom stereocenters. The second kappa shape index (κ2) is 5.69. The molecule has 0 radical (unpaired) electrons. The molecule has 0 bridgehead atoms. The van der Waals surface area contributed by atoms with Crippen molar-refractivity contribution < 1.29 is 9.21 Å². The Labute approximate surface area is 143 Å². The molecule has 2 N–H and O–H groups in total. The Bertz CT molecular complexity index is 721. The van der Waals surface area contributed by atoms with E-state index >= 15 is 0 Å². The van der Waals surface area contributed by atoms with Gasteiger partial charge in [-0.2, -0.15) is 0 Å². The van der Waals surface area contributed by atoms with Crippen molar-refractivity contribution in [1.82, 2.24) is 10.2 Å². The first kappa shape index (κ1) is 14.8. The number of fused-ring (bicyclic) bond motifs is 1. The molecule has 1 aromatic heterocycles. The van der Waals surface area contributed by atoms with Crippen molar-refractivity contribution in [2.45, 2.75) is 25.0 Å². The number of nitrogens with one attached hydrogen (secondary N) is 2. The third kappa shape index (κ3) is 2.88. The van der Waals surface area contributed by atoms with Crippen LogP contribution in [0.3, 0.4) is 0 Å². The van der Waals surface area contributed by atoms with Crippen LogP contribution in [0, 0.1) is 0 Å². The van der Waals surface area contributed by atoms with E-state index in [0.717, 1.165) is 42.6 Å². The molecule has 2 aliphatic rings. The molecule has 0 saturated carbocycles. The Balaban J connectivity index is 1.47. The molecule has 1 spiro atoms. The third-order valence-corrected chi connectivity index (χ3v) is 5.14. The molecule has 3 heterocycles. The van der Waals surface area contributed by atoms with Gasteiger partial charge in [0.05, 0.1) is 18.1 Å². The lowest BCUT2D eigenvalue weighted by molar-refractivity contribution is 0.0822. The van der Waals surface area contributed by atoms with Gasteiger partial charge in [0.25, 0.3) is 5.91 Å². The molecular weight excluding hydrogens is 358 g/mol. The molecular formula is C17H18BrN3O2. The van der Waals surface area contributed by atoms with E-state index in [0.29, 0.717) is 5.56 Å². The summed E-state index contributed by atoms with van der Waals surface area (Å²) in [6.07, 6.45) is 5.26. The number of halogens is 1. The van der Waals surface area contributed by atoms with E-state index in [1.165, 1.54) is 5.56 Å². The van der Waals surface area contributed by atoms with Crippen molar-refractivity contribution in [3.8, 4) is 0 Å². The van der Waals surface area contributed by atoms with Crippen molar-refractivity contribution >= 4 is 27.5 Å². The fourth-order valence-electron chi connectivity index (χ4n) is 3.37. The third-order valence-electron chi connectivity index (χ3n) is 4.65. The normalized spacial score (nSPS) is 20.0. The summed E-state index contributed by atoms with van der Waals surface area (Å²) < 4.78 is 6.04. The number of anilines is 1. The summed E-state index contributed by atoms with van der Waals surface area (Å²) in [6.45, 7) is 2.76. The molecule has 5 nitrogen and oxygen atoms in total. The first-order valence-corrected chi connectivity index (χ1v) is 8.57. The number of carbonyl (C=O) groups excluding carboxylic acids is 1. The van der Waals surface area contributed by atoms with Crippen LogP contribution < -0.4 is 10.6 Å². The van der Waals surface area contributed by atoms with Gasteiger partial charge in [0.1, 0.15) is 5.66 Å². The maximum absolute atomic E-state index is 12.5. The molecule has 1 aromatic carbocycles. The van der Waals surface area contributed by atoms with Crippen molar-refractivity contribution in [3.63, 3.8) is 0 Å². The second-order valence-electron chi connectivity index (χ2n) is 6.26. The van der Waals surface area contributed by atoms with Crippen LogP contribution in [0.15, 0.2) is 45.7 Å². The van der Waals surface area contributed by atoms with E-state index in [9.17, 15) is 4.79 Å². The largest absolute Gasteiger partial charge is 0.472 e. The standard InChI is InChI=1S/C17H18BrN3O2/c18-13-1-2-15-14(9-13)16(22)20-17(19-15)4-6-21(7-5-17)10-12-3-8-23-11-12/h1-3,8-9,11,19H,4-7,10H2,(H,20,22). The summed E-state index contributed by atoms with van der Waals surface area (Å²) in [7, 11) is 0. The average molecular weight is 376 g/mol. The zero-order valence-corrected chi connectivity index (χ0v) is 14.2. The molecule has 1 fully saturated rings. The van der Waals surface area contributed by atoms with Gasteiger partial charge < -0.3 is 15.1 Å². The number of hydrogen-bond donors (Lipinski definition) is 2. The molecule has 6 heteroatoms. The Hall–Kier alpha value is -1.79. The van der Waals surface area contributed by atoms with Crippen LogP contribution in [-0.2, 0) is 6.54 Å². The van der Waals surface area contributed by atoms with Crippen LogP contribution in [0.2, 0.25) is 0 Å². The number of furan rings is 1. The van der Waals surface area contributed by atoms with Crippen LogP contribution in [0.1, 0.15) is 28.8 Å². The van der Waals surface area contributed by atoms with E-state index in [4.69, 9.17) is 4.42 Å². The molecule has 2 aliphatic heterocycles. The van der Waals surface area contributed by atoms with Gasteiger partial charge in [0.2, 0.25) is 0 Å². The van der Waals surface area contributed by atoms with Crippen molar-refractivity contribution in [2.75, 3.05) is 18.4 Å². The Morgan fingerprint density at radius 3 is 2.78 bits per heavy atom. The topological polar surface area (TPSA) is 57.5 Å². The van der Waals surface area contributed by atoms with E-state index in [-0.39, 0.29) is 11.6 Å². The van der Waals surface area contributed by atoms with Gasteiger partial charge in [-0.1, -0.05) is 15.9 Å². The molecule has 0 atom stereocenters. The van der Waals surface area contributed by atoms with E-state index in [1.54, 1.807) is 12.5 Å². The Morgan fingerprint density at radius 1 is 1.22 bits per heavy atom. The van der Waals surface area contributed by atoms with Gasteiger partial charge in [-0.25, -0.2) is 0 Å². The highest BCUT2D eigenvalue weighted by molar-refractivity contribution is 9.10. The number of amides is 1. The second-order valence-corrected chi connectivity index (χ2v) is 7.17. The van der Waals surface area contributed by atoms with Crippen LogP contribution in [0.5, 0.6) is 0 Å². The minimum atomic E-state index is -0.329. The summed E-state index contributed by atoms with van der Waals surface area (Å²) in [5, 5.41) is 6.73. The quantitative estimate of drug-likeness (QED) is 0.845. The highest BCUT2D eigenvalue weighted by atomic mass is 79.9. The van der Waals surface area contributed by atoms with Crippen LogP contribution >= 0.6 is 15.9 Å². The lowest BCUT2D eigenvalue weighted by atomic mass is 9.92. The smallest absolute Gasteiger partial charge is 0.255 e. The Kier molecular flexibility index (Phi) is 3.66. The van der Waals surface area contributed by atoms with Gasteiger partial charge in [-0.05, 0) is 24.3 Å².